The maximum atomic E-state index is 12.1. The van der Waals surface area contributed by atoms with Gasteiger partial charge < -0.3 is 25.0 Å². The van der Waals surface area contributed by atoms with Crippen molar-refractivity contribution in [3.63, 3.8) is 0 Å². The van der Waals surface area contributed by atoms with Crippen LogP contribution in [-0.4, -0.2) is 78.5 Å². The Morgan fingerprint density at radius 1 is 1.03 bits per heavy atom. The van der Waals surface area contributed by atoms with Crippen molar-refractivity contribution in [1.29, 1.82) is 0 Å². The number of rotatable bonds is 6. The fraction of sp³-hybridized carbons (Fsp3) is 0.560. The largest absolute Gasteiger partial charge is 0.379 e. The van der Waals surface area contributed by atoms with Gasteiger partial charge >= 0.3 is 6.03 Å². The molecule has 9 nitrogen and oxygen atoms in total. The minimum atomic E-state index is -0.156. The maximum Gasteiger partial charge on any atom is 0.319 e. The first-order valence-electron chi connectivity index (χ1n) is 12.3. The first-order valence-corrected chi connectivity index (χ1v) is 12.3. The predicted molar refractivity (Wildman–Crippen MR) is 131 cm³/mol. The molecule has 1 saturated carbocycles. The highest BCUT2D eigenvalue weighted by atomic mass is 16.5. The molecule has 3 aliphatic rings. The molecular formula is C25H34N6O3. The molecule has 182 valence electrons. The highest BCUT2D eigenvalue weighted by molar-refractivity contribution is 5.89. The van der Waals surface area contributed by atoms with Crippen molar-refractivity contribution in [3.8, 4) is 11.4 Å². The quantitative estimate of drug-likeness (QED) is 0.676. The van der Waals surface area contributed by atoms with Crippen molar-refractivity contribution in [2.75, 3.05) is 49.7 Å². The first kappa shape index (κ1) is 23.0. The Bertz CT molecular complexity index is 997. The van der Waals surface area contributed by atoms with Crippen molar-refractivity contribution in [2.45, 2.75) is 51.4 Å². The van der Waals surface area contributed by atoms with Crippen molar-refractivity contribution >= 4 is 17.5 Å². The number of nitrogens with zero attached hydrogens (tertiary/aromatic N) is 4. The molecule has 5 rings (SSSR count). The second-order valence-corrected chi connectivity index (χ2v) is 9.50. The lowest BCUT2D eigenvalue weighted by Crippen LogP contribution is -2.44. The van der Waals surface area contributed by atoms with Crippen LogP contribution in [0.3, 0.4) is 0 Å². The highest BCUT2D eigenvalue weighted by Crippen LogP contribution is 2.26. The lowest BCUT2D eigenvalue weighted by molar-refractivity contribution is -0.00490. The maximum absolute atomic E-state index is 12.1. The van der Waals surface area contributed by atoms with E-state index < -0.39 is 0 Å². The number of morpholine rings is 2. The van der Waals surface area contributed by atoms with E-state index in [0.29, 0.717) is 31.1 Å². The lowest BCUT2D eigenvalue weighted by atomic mass is 10.1. The average Bonchev–Trinajstić information content (AvgIpc) is 3.65. The predicted octanol–water partition coefficient (Wildman–Crippen LogP) is 2.87. The van der Waals surface area contributed by atoms with Crippen molar-refractivity contribution < 1.29 is 14.3 Å². The van der Waals surface area contributed by atoms with Gasteiger partial charge in [0.05, 0.1) is 38.2 Å². The fourth-order valence-corrected chi connectivity index (χ4v) is 4.40. The van der Waals surface area contributed by atoms with E-state index in [1.807, 2.05) is 24.3 Å². The average molecular weight is 467 g/mol. The standard InChI is InChI=1S/C25H34N6O3/c1-17-15-33-11-9-30(17)14-22-13-23(31-10-12-34-16-18(31)2)29-24(26-22)19-3-5-20(6-4-19)27-25(32)28-21-7-8-21/h3-6,13,17-18,21H,7-12,14-16H2,1-2H3,(H2,27,28,32)/t17-,18-/m0/s1. The summed E-state index contributed by atoms with van der Waals surface area (Å²) >= 11 is 0. The minimum absolute atomic E-state index is 0.156. The van der Waals surface area contributed by atoms with Crippen LogP contribution >= 0.6 is 0 Å². The first-order chi connectivity index (χ1) is 16.5. The van der Waals surface area contributed by atoms with Crippen LogP contribution in [0.2, 0.25) is 0 Å². The molecule has 0 radical (unpaired) electrons. The van der Waals surface area contributed by atoms with Crippen LogP contribution in [0.5, 0.6) is 0 Å². The number of amides is 2. The van der Waals surface area contributed by atoms with Crippen molar-refractivity contribution in [3.05, 3.63) is 36.0 Å². The normalized spacial score (nSPS) is 23.5. The number of hydrogen-bond donors (Lipinski definition) is 2. The molecule has 3 heterocycles. The van der Waals surface area contributed by atoms with Crippen LogP contribution in [0.1, 0.15) is 32.4 Å². The summed E-state index contributed by atoms with van der Waals surface area (Å²) in [4.78, 5) is 26.7. The zero-order valence-electron chi connectivity index (χ0n) is 20.0. The second kappa shape index (κ2) is 10.2. The number of nitrogens with one attached hydrogen (secondary N) is 2. The number of hydrogen-bond acceptors (Lipinski definition) is 7. The number of ether oxygens (including phenoxy) is 2. The van der Waals surface area contributed by atoms with Gasteiger partial charge in [0.2, 0.25) is 0 Å². The van der Waals surface area contributed by atoms with Crippen LogP contribution in [0.15, 0.2) is 30.3 Å². The molecule has 2 saturated heterocycles. The van der Waals surface area contributed by atoms with Crippen LogP contribution < -0.4 is 15.5 Å². The van der Waals surface area contributed by atoms with Gasteiger partial charge in [0, 0.05) is 49.0 Å². The Morgan fingerprint density at radius 2 is 1.76 bits per heavy atom. The van der Waals surface area contributed by atoms with Gasteiger partial charge in [0.25, 0.3) is 0 Å². The van der Waals surface area contributed by atoms with Crippen LogP contribution in [0.25, 0.3) is 11.4 Å². The summed E-state index contributed by atoms with van der Waals surface area (Å²) in [6.07, 6.45) is 2.13. The monoisotopic (exact) mass is 466 g/mol. The smallest absolute Gasteiger partial charge is 0.319 e. The Balaban J connectivity index is 1.39. The Labute approximate surface area is 200 Å². The van der Waals surface area contributed by atoms with Crippen LogP contribution in [-0.2, 0) is 16.0 Å². The summed E-state index contributed by atoms with van der Waals surface area (Å²) in [5, 5.41) is 5.84. The molecule has 2 atom stereocenters. The van der Waals surface area contributed by atoms with E-state index in [4.69, 9.17) is 19.4 Å². The third-order valence-corrected chi connectivity index (χ3v) is 6.61. The van der Waals surface area contributed by atoms with Crippen LogP contribution in [0, 0.1) is 0 Å². The summed E-state index contributed by atoms with van der Waals surface area (Å²) in [5.41, 5.74) is 2.67. The summed E-state index contributed by atoms with van der Waals surface area (Å²) in [7, 11) is 0. The number of carbonyl (C=O) groups excluding carboxylic acids is 1. The molecule has 3 fully saturated rings. The summed E-state index contributed by atoms with van der Waals surface area (Å²) in [6, 6.07) is 10.6. The van der Waals surface area contributed by atoms with Gasteiger partial charge in [-0.05, 0) is 51.0 Å². The van der Waals surface area contributed by atoms with E-state index in [0.717, 1.165) is 68.5 Å². The van der Waals surface area contributed by atoms with E-state index in [1.165, 1.54) is 0 Å². The van der Waals surface area contributed by atoms with Crippen LogP contribution in [0.4, 0.5) is 16.3 Å². The Kier molecular flexibility index (Phi) is 6.94. The molecule has 1 aromatic carbocycles. The SMILES string of the molecule is C[C@H]1COCCN1Cc1cc(N2CCOC[C@@H]2C)nc(-c2ccc(NC(=O)NC3CC3)cc2)n1. The lowest BCUT2D eigenvalue weighted by Gasteiger charge is -2.35. The zero-order chi connectivity index (χ0) is 23.5. The van der Waals surface area contributed by atoms with E-state index in [-0.39, 0.29) is 12.1 Å². The molecule has 34 heavy (non-hydrogen) atoms. The van der Waals surface area contributed by atoms with Crippen molar-refractivity contribution in [1.82, 2.24) is 20.2 Å². The zero-order valence-corrected chi connectivity index (χ0v) is 20.0. The summed E-state index contributed by atoms with van der Waals surface area (Å²) < 4.78 is 11.2. The molecule has 2 amide bonds. The molecule has 2 N–H and O–H groups in total. The third kappa shape index (κ3) is 5.65. The fourth-order valence-electron chi connectivity index (χ4n) is 4.40. The number of benzene rings is 1. The second-order valence-electron chi connectivity index (χ2n) is 9.50. The molecule has 2 aliphatic heterocycles. The molecule has 0 bridgehead atoms. The van der Waals surface area contributed by atoms with E-state index in [9.17, 15) is 4.79 Å². The Morgan fingerprint density at radius 3 is 2.47 bits per heavy atom. The molecule has 9 heteroatoms. The van der Waals surface area contributed by atoms with Crippen molar-refractivity contribution in [2.24, 2.45) is 0 Å². The van der Waals surface area contributed by atoms with Gasteiger partial charge in [0.15, 0.2) is 5.82 Å². The Hall–Kier alpha value is -2.75. The summed E-state index contributed by atoms with van der Waals surface area (Å²) in [6.45, 7) is 9.70. The van der Waals surface area contributed by atoms with Gasteiger partial charge in [-0.1, -0.05) is 0 Å². The van der Waals surface area contributed by atoms with E-state index in [1.54, 1.807) is 0 Å². The number of anilines is 2. The minimum Gasteiger partial charge on any atom is -0.379 e. The van der Waals surface area contributed by atoms with Gasteiger partial charge in [-0.15, -0.1) is 0 Å². The number of urea groups is 1. The molecular weight excluding hydrogens is 432 g/mol. The van der Waals surface area contributed by atoms with E-state index >= 15 is 0 Å². The highest BCUT2D eigenvalue weighted by Gasteiger charge is 2.25. The topological polar surface area (TPSA) is 91.9 Å². The van der Waals surface area contributed by atoms with Gasteiger partial charge in [-0.2, -0.15) is 0 Å². The number of carbonyl (C=O) groups is 1. The summed E-state index contributed by atoms with van der Waals surface area (Å²) in [5.74, 6) is 1.63. The molecule has 2 aromatic rings. The van der Waals surface area contributed by atoms with Gasteiger partial charge in [-0.3, -0.25) is 4.90 Å². The van der Waals surface area contributed by atoms with Gasteiger partial charge in [-0.25, -0.2) is 14.8 Å². The third-order valence-electron chi connectivity index (χ3n) is 6.61. The molecule has 1 aromatic heterocycles. The number of aromatic nitrogens is 2. The molecule has 0 unspecified atom stereocenters. The van der Waals surface area contributed by atoms with E-state index in [2.05, 4.69) is 40.3 Å². The van der Waals surface area contributed by atoms with Gasteiger partial charge in [0.1, 0.15) is 5.82 Å². The molecule has 1 aliphatic carbocycles. The molecule has 0 spiro atoms.